The number of hydrogen-bond donors (Lipinski definition) is 2. The molecule has 2 aromatic heterocycles. The van der Waals surface area contributed by atoms with Crippen molar-refractivity contribution in [1.82, 2.24) is 20.0 Å². The fourth-order valence-corrected chi connectivity index (χ4v) is 4.43. The fraction of sp³-hybridized carbons (Fsp3) is 0.474. The first-order valence-electron chi connectivity index (χ1n) is 9.13. The van der Waals surface area contributed by atoms with Crippen LogP contribution in [-0.2, 0) is 17.8 Å². The van der Waals surface area contributed by atoms with Gasteiger partial charge in [0.15, 0.2) is 5.11 Å². The number of ether oxygens (including phenoxy) is 1. The van der Waals surface area contributed by atoms with Crippen LogP contribution in [0.5, 0.6) is 0 Å². The van der Waals surface area contributed by atoms with Crippen LogP contribution >= 0.6 is 23.6 Å². The Bertz CT molecular complexity index is 946. The molecule has 0 saturated carbocycles. The van der Waals surface area contributed by atoms with Crippen molar-refractivity contribution in [3.63, 3.8) is 0 Å². The predicted octanol–water partition coefficient (Wildman–Crippen LogP) is 2.86. The van der Waals surface area contributed by atoms with Crippen molar-refractivity contribution in [2.45, 2.75) is 40.8 Å². The molecule has 2 rings (SSSR count). The van der Waals surface area contributed by atoms with Gasteiger partial charge in [-0.2, -0.15) is 5.10 Å². The summed E-state index contributed by atoms with van der Waals surface area (Å²) >= 11 is 6.60. The first kappa shape index (κ1) is 22.8. The molecule has 0 atom stereocenters. The van der Waals surface area contributed by atoms with E-state index in [1.807, 2.05) is 25.5 Å². The number of aromatic nitrogens is 2. The van der Waals surface area contributed by atoms with E-state index in [0.29, 0.717) is 32.7 Å². The zero-order chi connectivity index (χ0) is 21.9. The van der Waals surface area contributed by atoms with Gasteiger partial charge in [0, 0.05) is 38.4 Å². The minimum atomic E-state index is -0.516. The van der Waals surface area contributed by atoms with E-state index in [1.54, 1.807) is 21.0 Å². The van der Waals surface area contributed by atoms with Gasteiger partial charge in [0.25, 0.3) is 5.91 Å². The van der Waals surface area contributed by atoms with Crippen molar-refractivity contribution in [1.29, 1.82) is 0 Å². The third-order valence-electron chi connectivity index (χ3n) is 4.62. The lowest BCUT2D eigenvalue weighted by atomic mass is 10.1. The summed E-state index contributed by atoms with van der Waals surface area (Å²) in [6.45, 7) is 9.06. The standard InChI is InChI=1S/C19H27N5O3S2/c1-8-24-12(4)13(11(3)22-24)9-20-19(28)21-16-14(18(26)27-7)10(2)15(29-16)17(25)23(5)6/h8-9H2,1-7H3,(H2,20,21,28). The van der Waals surface area contributed by atoms with Gasteiger partial charge in [-0.1, -0.05) is 0 Å². The molecule has 2 heterocycles. The number of esters is 1. The van der Waals surface area contributed by atoms with Crippen molar-refractivity contribution in [2.24, 2.45) is 0 Å². The van der Waals surface area contributed by atoms with E-state index in [9.17, 15) is 9.59 Å². The minimum absolute atomic E-state index is 0.178. The highest BCUT2D eigenvalue weighted by Gasteiger charge is 2.26. The van der Waals surface area contributed by atoms with Crippen molar-refractivity contribution in [2.75, 3.05) is 26.5 Å². The van der Waals surface area contributed by atoms with Gasteiger partial charge in [-0.15, -0.1) is 11.3 Å². The first-order chi connectivity index (χ1) is 13.6. The number of carbonyl (C=O) groups excluding carboxylic acids is 2. The molecule has 0 aliphatic carbocycles. The van der Waals surface area contributed by atoms with E-state index in [2.05, 4.69) is 15.7 Å². The molecule has 0 fully saturated rings. The maximum absolute atomic E-state index is 12.4. The molecule has 29 heavy (non-hydrogen) atoms. The molecule has 0 spiro atoms. The van der Waals surface area contributed by atoms with Gasteiger partial charge in [-0.05, 0) is 45.5 Å². The lowest BCUT2D eigenvalue weighted by Crippen LogP contribution is -2.28. The zero-order valence-corrected chi connectivity index (χ0v) is 19.4. The Morgan fingerprint density at radius 2 is 1.93 bits per heavy atom. The van der Waals surface area contributed by atoms with Gasteiger partial charge in [-0.25, -0.2) is 4.79 Å². The number of anilines is 1. The van der Waals surface area contributed by atoms with Gasteiger partial charge in [-0.3, -0.25) is 9.48 Å². The number of amides is 1. The Morgan fingerprint density at radius 1 is 1.28 bits per heavy atom. The smallest absolute Gasteiger partial charge is 0.341 e. The second-order valence-corrected chi connectivity index (χ2v) is 8.15. The average molecular weight is 438 g/mol. The average Bonchev–Trinajstić information content (AvgIpc) is 3.14. The van der Waals surface area contributed by atoms with Crippen LogP contribution in [0.2, 0.25) is 0 Å². The molecule has 1 amide bonds. The molecular formula is C19H27N5O3S2. The third kappa shape index (κ3) is 4.76. The van der Waals surface area contributed by atoms with Crippen LogP contribution in [0.1, 0.15) is 49.5 Å². The second kappa shape index (κ2) is 9.36. The largest absolute Gasteiger partial charge is 0.465 e. The third-order valence-corrected chi connectivity index (χ3v) is 6.06. The quantitative estimate of drug-likeness (QED) is 0.531. The van der Waals surface area contributed by atoms with Crippen molar-refractivity contribution >= 4 is 45.5 Å². The van der Waals surface area contributed by atoms with Crippen LogP contribution < -0.4 is 10.6 Å². The Balaban J connectivity index is 2.23. The normalized spacial score (nSPS) is 10.6. The molecule has 2 aromatic rings. The summed E-state index contributed by atoms with van der Waals surface area (Å²) in [4.78, 5) is 26.7. The number of nitrogens with zero attached hydrogens (tertiary/aromatic N) is 3. The number of thiophene rings is 1. The molecule has 0 radical (unpaired) electrons. The summed E-state index contributed by atoms with van der Waals surface area (Å²) in [6, 6.07) is 0. The van der Waals surface area contributed by atoms with Crippen LogP contribution in [0, 0.1) is 20.8 Å². The van der Waals surface area contributed by atoms with Gasteiger partial charge in [0.2, 0.25) is 0 Å². The number of aryl methyl sites for hydroxylation is 2. The molecule has 0 saturated heterocycles. The molecule has 0 bridgehead atoms. The van der Waals surface area contributed by atoms with Crippen molar-refractivity contribution < 1.29 is 14.3 Å². The summed E-state index contributed by atoms with van der Waals surface area (Å²) in [5.41, 5.74) is 4.00. The number of carbonyl (C=O) groups is 2. The Labute approximate surface area is 180 Å². The van der Waals surface area contributed by atoms with E-state index in [1.165, 1.54) is 23.3 Å². The van der Waals surface area contributed by atoms with Gasteiger partial charge in [0.1, 0.15) is 5.00 Å². The van der Waals surface area contributed by atoms with Crippen molar-refractivity contribution in [3.05, 3.63) is 33.0 Å². The molecular weight excluding hydrogens is 410 g/mol. The summed E-state index contributed by atoms with van der Waals surface area (Å²) in [5, 5.41) is 11.5. The van der Waals surface area contributed by atoms with E-state index in [0.717, 1.165) is 23.5 Å². The summed E-state index contributed by atoms with van der Waals surface area (Å²) in [6.07, 6.45) is 0. The van der Waals surface area contributed by atoms with Crippen LogP contribution in [0.15, 0.2) is 0 Å². The van der Waals surface area contributed by atoms with E-state index >= 15 is 0 Å². The number of rotatable bonds is 6. The SMILES string of the molecule is CCn1nc(C)c(CNC(=S)Nc2sc(C(=O)N(C)C)c(C)c2C(=O)OC)c1C. The summed E-state index contributed by atoms with van der Waals surface area (Å²) < 4.78 is 6.84. The van der Waals surface area contributed by atoms with E-state index < -0.39 is 5.97 Å². The van der Waals surface area contributed by atoms with Gasteiger partial charge >= 0.3 is 5.97 Å². The highest BCUT2D eigenvalue weighted by molar-refractivity contribution is 7.80. The number of hydrogen-bond acceptors (Lipinski definition) is 6. The molecule has 0 aromatic carbocycles. The monoisotopic (exact) mass is 437 g/mol. The van der Waals surface area contributed by atoms with Crippen LogP contribution in [0.25, 0.3) is 0 Å². The number of methoxy groups -OCH3 is 1. The fourth-order valence-electron chi connectivity index (χ4n) is 2.97. The highest BCUT2D eigenvalue weighted by Crippen LogP contribution is 2.34. The molecule has 2 N–H and O–H groups in total. The Kier molecular flexibility index (Phi) is 7.37. The van der Waals surface area contributed by atoms with Gasteiger partial charge < -0.3 is 20.3 Å². The van der Waals surface area contributed by atoms with Crippen LogP contribution in [0.4, 0.5) is 5.00 Å². The maximum Gasteiger partial charge on any atom is 0.341 e. The molecule has 158 valence electrons. The summed E-state index contributed by atoms with van der Waals surface area (Å²) in [7, 11) is 4.64. The predicted molar refractivity (Wildman–Crippen MR) is 119 cm³/mol. The van der Waals surface area contributed by atoms with Gasteiger partial charge in [0.05, 0.1) is 23.2 Å². The summed E-state index contributed by atoms with van der Waals surface area (Å²) in [5.74, 6) is -0.694. The Morgan fingerprint density at radius 3 is 2.45 bits per heavy atom. The number of nitrogens with one attached hydrogen (secondary N) is 2. The second-order valence-electron chi connectivity index (χ2n) is 6.72. The van der Waals surface area contributed by atoms with Crippen LogP contribution in [0.3, 0.4) is 0 Å². The zero-order valence-electron chi connectivity index (χ0n) is 17.8. The van der Waals surface area contributed by atoms with E-state index in [-0.39, 0.29) is 5.91 Å². The lowest BCUT2D eigenvalue weighted by Gasteiger charge is -2.11. The first-order valence-corrected chi connectivity index (χ1v) is 10.4. The van der Waals surface area contributed by atoms with Crippen LogP contribution in [-0.4, -0.2) is 52.9 Å². The van der Waals surface area contributed by atoms with E-state index in [4.69, 9.17) is 17.0 Å². The molecule has 0 aliphatic heterocycles. The highest BCUT2D eigenvalue weighted by atomic mass is 32.1. The molecule has 8 nitrogen and oxygen atoms in total. The Hall–Kier alpha value is -2.46. The lowest BCUT2D eigenvalue weighted by molar-refractivity contribution is 0.0601. The topological polar surface area (TPSA) is 88.5 Å². The van der Waals surface area contributed by atoms with Crippen molar-refractivity contribution in [3.8, 4) is 0 Å². The molecule has 0 aliphatic rings. The molecule has 10 heteroatoms. The molecule has 0 unspecified atom stereocenters. The maximum atomic E-state index is 12.4. The minimum Gasteiger partial charge on any atom is -0.465 e. The number of thiocarbonyl (C=S) groups is 1.